The molecule has 0 spiro atoms. The maximum atomic E-state index is 13.3. The molecule has 0 unspecified atom stereocenters. The van der Waals surface area contributed by atoms with Gasteiger partial charge in [0.2, 0.25) is 0 Å². The van der Waals surface area contributed by atoms with Crippen molar-refractivity contribution in [3.63, 3.8) is 0 Å². The van der Waals surface area contributed by atoms with Crippen molar-refractivity contribution in [3.05, 3.63) is 83.8 Å². The van der Waals surface area contributed by atoms with Crippen molar-refractivity contribution in [1.82, 2.24) is 14.5 Å². The lowest BCUT2D eigenvalue weighted by Gasteiger charge is -2.20. The van der Waals surface area contributed by atoms with Crippen LogP contribution in [0.5, 0.6) is 0 Å². The number of aromatic nitrogens is 3. The van der Waals surface area contributed by atoms with Crippen LogP contribution in [0.2, 0.25) is 0 Å². The van der Waals surface area contributed by atoms with E-state index in [1.807, 2.05) is 29.8 Å². The Labute approximate surface area is 196 Å². The number of pyridine rings is 1. The Bertz CT molecular complexity index is 1370. The number of hydrogen-bond donors (Lipinski definition) is 1. The number of nitriles is 1. The van der Waals surface area contributed by atoms with Crippen molar-refractivity contribution < 1.29 is 14.3 Å². The summed E-state index contributed by atoms with van der Waals surface area (Å²) in [5, 5.41) is 12.2. The molecule has 9 heteroatoms. The minimum Gasteiger partial charge on any atom is -0.468 e. The predicted molar refractivity (Wildman–Crippen MR) is 127 cm³/mol. The van der Waals surface area contributed by atoms with Gasteiger partial charge in [0.25, 0.3) is 5.91 Å². The molecule has 2 heterocycles. The molecule has 0 aliphatic heterocycles. The zero-order chi connectivity index (χ0) is 24.1. The normalized spacial score (nSPS) is 10.5. The van der Waals surface area contributed by atoms with Crippen molar-refractivity contribution in [2.75, 3.05) is 23.9 Å². The Hall–Kier alpha value is -4.71. The summed E-state index contributed by atoms with van der Waals surface area (Å²) in [6, 6.07) is 19.6. The monoisotopic (exact) mass is 454 g/mol. The number of imidazole rings is 1. The van der Waals surface area contributed by atoms with Gasteiger partial charge in [-0.1, -0.05) is 6.07 Å². The molecule has 0 saturated carbocycles. The van der Waals surface area contributed by atoms with E-state index >= 15 is 0 Å². The molecule has 2 aromatic carbocycles. The number of esters is 1. The van der Waals surface area contributed by atoms with E-state index in [0.29, 0.717) is 29.0 Å². The maximum absolute atomic E-state index is 13.3. The van der Waals surface area contributed by atoms with Gasteiger partial charge >= 0.3 is 5.97 Å². The molecule has 170 valence electrons. The highest BCUT2D eigenvalue weighted by atomic mass is 16.5. The molecule has 0 aliphatic rings. The third-order valence-corrected chi connectivity index (χ3v) is 5.37. The highest BCUT2D eigenvalue weighted by molar-refractivity contribution is 6.09. The number of nitrogens with zero attached hydrogens (tertiary/aromatic N) is 5. The molecule has 0 atom stereocenters. The van der Waals surface area contributed by atoms with E-state index in [9.17, 15) is 9.59 Å². The highest BCUT2D eigenvalue weighted by Gasteiger charge is 2.23. The van der Waals surface area contributed by atoms with E-state index in [1.165, 1.54) is 12.0 Å². The summed E-state index contributed by atoms with van der Waals surface area (Å²) >= 11 is 0. The van der Waals surface area contributed by atoms with Gasteiger partial charge in [-0.2, -0.15) is 5.26 Å². The number of benzene rings is 2. The van der Waals surface area contributed by atoms with Gasteiger partial charge in [-0.3, -0.25) is 14.5 Å². The standard InChI is InChI=1S/C25H22N6O3/c1-30-21-11-8-18(25(33)31(16-24(32)34-2)22-5-3-4-12-27-22)13-20(21)29-23(30)15-28-19-9-6-17(14-26)7-10-19/h3-13,28H,15-16H2,1-2H3. The zero-order valence-corrected chi connectivity index (χ0v) is 18.7. The number of rotatable bonds is 7. The van der Waals surface area contributed by atoms with Crippen molar-refractivity contribution in [3.8, 4) is 6.07 Å². The zero-order valence-electron chi connectivity index (χ0n) is 18.7. The van der Waals surface area contributed by atoms with Crippen molar-refractivity contribution >= 4 is 34.4 Å². The highest BCUT2D eigenvalue weighted by Crippen LogP contribution is 2.21. The van der Waals surface area contributed by atoms with Gasteiger partial charge in [0.05, 0.1) is 36.3 Å². The number of carbonyl (C=O) groups is 2. The van der Waals surface area contributed by atoms with E-state index in [1.54, 1.807) is 48.7 Å². The van der Waals surface area contributed by atoms with Gasteiger partial charge in [-0.05, 0) is 54.6 Å². The lowest BCUT2D eigenvalue weighted by Crippen LogP contribution is -2.36. The Morgan fingerprint density at radius 1 is 1.15 bits per heavy atom. The molecule has 0 aliphatic carbocycles. The fraction of sp³-hybridized carbons (Fsp3) is 0.160. The number of amides is 1. The quantitative estimate of drug-likeness (QED) is 0.426. The van der Waals surface area contributed by atoms with E-state index in [4.69, 9.17) is 10.00 Å². The van der Waals surface area contributed by atoms with E-state index < -0.39 is 5.97 Å². The minimum absolute atomic E-state index is 0.258. The first-order valence-electron chi connectivity index (χ1n) is 10.5. The van der Waals surface area contributed by atoms with Gasteiger partial charge in [-0.15, -0.1) is 0 Å². The summed E-state index contributed by atoms with van der Waals surface area (Å²) in [6.07, 6.45) is 1.56. The molecular weight excluding hydrogens is 432 g/mol. The molecule has 1 amide bonds. The summed E-state index contributed by atoms with van der Waals surface area (Å²) in [6.45, 7) is 0.203. The fourth-order valence-corrected chi connectivity index (χ4v) is 3.50. The van der Waals surface area contributed by atoms with Gasteiger partial charge in [0.1, 0.15) is 18.2 Å². The third-order valence-electron chi connectivity index (χ3n) is 5.37. The second-order valence-electron chi connectivity index (χ2n) is 7.49. The molecule has 0 radical (unpaired) electrons. The summed E-state index contributed by atoms with van der Waals surface area (Å²) in [4.78, 5) is 35.4. The first-order valence-corrected chi connectivity index (χ1v) is 10.5. The predicted octanol–water partition coefficient (Wildman–Crippen LogP) is 3.27. The summed E-state index contributed by atoms with van der Waals surface area (Å²) < 4.78 is 6.70. The molecule has 34 heavy (non-hydrogen) atoms. The Morgan fingerprint density at radius 3 is 2.62 bits per heavy atom. The van der Waals surface area contributed by atoms with Crippen LogP contribution in [0.25, 0.3) is 11.0 Å². The van der Waals surface area contributed by atoms with Gasteiger partial charge < -0.3 is 14.6 Å². The van der Waals surface area contributed by atoms with Crippen LogP contribution in [0.1, 0.15) is 21.7 Å². The van der Waals surface area contributed by atoms with Crippen LogP contribution in [0, 0.1) is 11.3 Å². The number of methoxy groups -OCH3 is 1. The van der Waals surface area contributed by atoms with Crippen LogP contribution >= 0.6 is 0 Å². The van der Waals surface area contributed by atoms with Gasteiger partial charge in [0, 0.05) is 24.5 Å². The van der Waals surface area contributed by atoms with Crippen LogP contribution in [0.4, 0.5) is 11.5 Å². The summed E-state index contributed by atoms with van der Waals surface area (Å²) in [7, 11) is 3.18. The number of carbonyl (C=O) groups excluding carboxylic acids is 2. The molecule has 2 aromatic heterocycles. The number of ether oxygens (including phenoxy) is 1. The molecular formula is C25H22N6O3. The van der Waals surface area contributed by atoms with Crippen molar-refractivity contribution in [2.24, 2.45) is 7.05 Å². The number of anilines is 2. The Balaban J connectivity index is 1.59. The third kappa shape index (κ3) is 4.71. The Morgan fingerprint density at radius 2 is 1.94 bits per heavy atom. The summed E-state index contributed by atoms with van der Waals surface area (Å²) in [5.41, 5.74) is 3.37. The van der Waals surface area contributed by atoms with E-state index in [0.717, 1.165) is 17.0 Å². The van der Waals surface area contributed by atoms with E-state index in [-0.39, 0.29) is 12.5 Å². The topological polar surface area (TPSA) is 113 Å². The average Bonchev–Trinajstić information content (AvgIpc) is 3.20. The smallest absolute Gasteiger partial charge is 0.325 e. The molecule has 1 N–H and O–H groups in total. The van der Waals surface area contributed by atoms with Gasteiger partial charge in [0.15, 0.2) is 0 Å². The number of aryl methyl sites for hydroxylation is 1. The lowest BCUT2D eigenvalue weighted by atomic mass is 10.1. The maximum Gasteiger partial charge on any atom is 0.325 e. The number of fused-ring (bicyclic) bond motifs is 1. The number of nitrogens with one attached hydrogen (secondary N) is 1. The largest absolute Gasteiger partial charge is 0.468 e. The molecule has 0 bridgehead atoms. The van der Waals surface area contributed by atoms with Crippen molar-refractivity contribution in [1.29, 1.82) is 5.26 Å². The Kier molecular flexibility index (Phi) is 6.50. The minimum atomic E-state index is -0.547. The SMILES string of the molecule is COC(=O)CN(C(=O)c1ccc2c(c1)nc(CNc1ccc(C#N)cc1)n2C)c1ccccn1. The second kappa shape index (κ2) is 9.83. The van der Waals surface area contributed by atoms with E-state index in [2.05, 4.69) is 21.4 Å². The lowest BCUT2D eigenvalue weighted by molar-refractivity contribution is -0.138. The molecule has 9 nitrogen and oxygen atoms in total. The molecule has 4 rings (SSSR count). The average molecular weight is 454 g/mol. The molecule has 0 saturated heterocycles. The van der Waals surface area contributed by atoms with Crippen LogP contribution in [0.15, 0.2) is 66.9 Å². The van der Waals surface area contributed by atoms with Crippen LogP contribution in [0.3, 0.4) is 0 Å². The fourth-order valence-electron chi connectivity index (χ4n) is 3.50. The first kappa shape index (κ1) is 22.5. The number of hydrogen-bond acceptors (Lipinski definition) is 7. The first-order chi connectivity index (χ1) is 16.5. The van der Waals surface area contributed by atoms with Crippen LogP contribution in [-0.4, -0.2) is 40.1 Å². The van der Waals surface area contributed by atoms with Gasteiger partial charge in [-0.25, -0.2) is 9.97 Å². The van der Waals surface area contributed by atoms with Crippen molar-refractivity contribution in [2.45, 2.75) is 6.54 Å². The molecule has 0 fully saturated rings. The van der Waals surface area contributed by atoms with Crippen LogP contribution < -0.4 is 10.2 Å². The van der Waals surface area contributed by atoms with Crippen LogP contribution in [-0.2, 0) is 23.1 Å². The second-order valence-corrected chi connectivity index (χ2v) is 7.49. The summed E-state index contributed by atoms with van der Waals surface area (Å²) in [5.74, 6) is 0.203. The molecule has 4 aromatic rings.